The normalized spacial score (nSPS) is 9.06. The predicted octanol–water partition coefficient (Wildman–Crippen LogP) is 0.939. The summed E-state index contributed by atoms with van der Waals surface area (Å²) in [6.07, 6.45) is 0.681. The van der Waals surface area contributed by atoms with Crippen molar-refractivity contribution < 1.29 is 14.3 Å². The van der Waals surface area contributed by atoms with E-state index in [1.807, 2.05) is 12.1 Å². The number of hydrogen-bond acceptors (Lipinski definition) is 4. The molecule has 0 heterocycles. The second kappa shape index (κ2) is 7.31. The van der Waals surface area contributed by atoms with Gasteiger partial charge in [0.15, 0.2) is 6.61 Å². The molecule has 0 unspecified atom stereocenters. The molecule has 0 radical (unpaired) electrons. The van der Waals surface area contributed by atoms with Crippen LogP contribution in [0.15, 0.2) is 24.3 Å². The summed E-state index contributed by atoms with van der Waals surface area (Å²) in [6.45, 7) is 0.474. The van der Waals surface area contributed by atoms with Crippen molar-refractivity contribution in [3.63, 3.8) is 0 Å². The minimum absolute atomic E-state index is 0.0886. The minimum atomic E-state index is -0.406. The first-order valence-corrected chi connectivity index (χ1v) is 5.25. The summed E-state index contributed by atoms with van der Waals surface area (Å²) < 4.78 is 9.66. The second-order valence-electron chi connectivity index (χ2n) is 3.23. The number of carbonyl (C=O) groups is 1. The smallest absolute Gasteiger partial charge is 0.343 e. The third-order valence-electron chi connectivity index (χ3n) is 1.94. The topological polar surface area (TPSA) is 61.5 Å². The summed E-state index contributed by atoms with van der Waals surface area (Å²) in [5.74, 6) is 6.12. The lowest BCUT2D eigenvalue weighted by molar-refractivity contribution is -0.142. The zero-order chi connectivity index (χ0) is 12.5. The van der Waals surface area contributed by atoms with Crippen LogP contribution in [-0.2, 0) is 9.53 Å². The van der Waals surface area contributed by atoms with E-state index in [9.17, 15) is 4.79 Å². The Kier molecular flexibility index (Phi) is 5.62. The molecule has 2 N–H and O–H groups in total. The molecule has 0 amide bonds. The van der Waals surface area contributed by atoms with Crippen LogP contribution in [0, 0.1) is 11.8 Å². The maximum absolute atomic E-state index is 10.8. The number of benzene rings is 1. The molecule has 0 saturated carbocycles. The molecule has 0 atom stereocenters. The molecule has 0 aliphatic rings. The van der Waals surface area contributed by atoms with Crippen molar-refractivity contribution in [3.05, 3.63) is 29.8 Å². The van der Waals surface area contributed by atoms with Gasteiger partial charge in [-0.3, -0.25) is 0 Å². The molecule has 0 spiro atoms. The first-order valence-electron chi connectivity index (χ1n) is 5.25. The Labute approximate surface area is 101 Å². The average molecular weight is 233 g/mol. The molecule has 0 aromatic heterocycles. The highest BCUT2D eigenvalue weighted by molar-refractivity contribution is 5.70. The average Bonchev–Trinajstić information content (AvgIpc) is 2.37. The number of ether oxygens (including phenoxy) is 2. The standard InChI is InChI=1S/C13H15NO3/c1-16-13(15)10-17-12-7-5-11(6-8-12)4-2-3-9-14/h5-8H,3,9-10,14H2,1H3. The maximum Gasteiger partial charge on any atom is 0.343 e. The third kappa shape index (κ3) is 5.05. The summed E-state index contributed by atoms with van der Waals surface area (Å²) in [7, 11) is 1.32. The SMILES string of the molecule is COC(=O)COc1ccc(C#CCCN)cc1. The fourth-order valence-corrected chi connectivity index (χ4v) is 1.07. The van der Waals surface area contributed by atoms with Crippen LogP contribution in [0.3, 0.4) is 0 Å². The molecule has 1 aromatic rings. The van der Waals surface area contributed by atoms with Crippen molar-refractivity contribution in [1.82, 2.24) is 0 Å². The van der Waals surface area contributed by atoms with Crippen molar-refractivity contribution >= 4 is 5.97 Å². The molecule has 1 aromatic carbocycles. The van der Waals surface area contributed by atoms with E-state index in [1.54, 1.807) is 12.1 Å². The summed E-state index contributed by atoms with van der Waals surface area (Å²) in [4.78, 5) is 10.8. The number of carbonyl (C=O) groups excluding carboxylic acids is 1. The van der Waals surface area contributed by atoms with Gasteiger partial charge in [0.1, 0.15) is 5.75 Å². The van der Waals surface area contributed by atoms with E-state index in [-0.39, 0.29) is 6.61 Å². The van der Waals surface area contributed by atoms with E-state index < -0.39 is 5.97 Å². The predicted molar refractivity (Wildman–Crippen MR) is 64.5 cm³/mol. The van der Waals surface area contributed by atoms with E-state index in [0.29, 0.717) is 18.7 Å². The number of rotatable bonds is 4. The van der Waals surface area contributed by atoms with Crippen LogP contribution in [0.25, 0.3) is 0 Å². The van der Waals surface area contributed by atoms with Crippen LogP contribution in [0.5, 0.6) is 5.75 Å². The van der Waals surface area contributed by atoms with Gasteiger partial charge in [-0.2, -0.15) is 0 Å². The van der Waals surface area contributed by atoms with Gasteiger partial charge >= 0.3 is 5.97 Å². The molecule has 0 fully saturated rings. The van der Waals surface area contributed by atoms with Crippen LogP contribution in [0.1, 0.15) is 12.0 Å². The number of nitrogens with two attached hydrogens (primary N) is 1. The maximum atomic E-state index is 10.8. The van der Waals surface area contributed by atoms with Gasteiger partial charge in [0, 0.05) is 18.5 Å². The lowest BCUT2D eigenvalue weighted by Gasteiger charge is -2.03. The second-order valence-corrected chi connectivity index (χ2v) is 3.23. The van der Waals surface area contributed by atoms with Crippen LogP contribution in [0.4, 0.5) is 0 Å². The molecule has 0 aliphatic heterocycles. The van der Waals surface area contributed by atoms with Gasteiger partial charge in [0.2, 0.25) is 0 Å². The zero-order valence-electron chi connectivity index (χ0n) is 9.73. The van der Waals surface area contributed by atoms with Gasteiger partial charge in [-0.15, -0.1) is 0 Å². The largest absolute Gasteiger partial charge is 0.482 e. The molecule has 0 saturated heterocycles. The van der Waals surface area contributed by atoms with Gasteiger partial charge in [0.05, 0.1) is 7.11 Å². The van der Waals surface area contributed by atoms with Crippen molar-refractivity contribution in [2.75, 3.05) is 20.3 Å². The first kappa shape index (κ1) is 13.1. The Balaban J connectivity index is 2.51. The minimum Gasteiger partial charge on any atom is -0.482 e. The first-order chi connectivity index (χ1) is 8.26. The van der Waals surface area contributed by atoms with Crippen LogP contribution in [-0.4, -0.2) is 26.2 Å². The fourth-order valence-electron chi connectivity index (χ4n) is 1.07. The molecule has 17 heavy (non-hydrogen) atoms. The van der Waals surface area contributed by atoms with Crippen molar-refractivity contribution in [2.24, 2.45) is 5.73 Å². The van der Waals surface area contributed by atoms with E-state index in [2.05, 4.69) is 16.6 Å². The molecular weight excluding hydrogens is 218 g/mol. The van der Waals surface area contributed by atoms with Gasteiger partial charge in [0.25, 0.3) is 0 Å². The van der Waals surface area contributed by atoms with Gasteiger partial charge in [-0.1, -0.05) is 11.8 Å². The lowest BCUT2D eigenvalue weighted by atomic mass is 10.2. The van der Waals surface area contributed by atoms with Crippen molar-refractivity contribution in [2.45, 2.75) is 6.42 Å². The summed E-state index contributed by atoms with van der Waals surface area (Å²) in [6, 6.07) is 7.18. The molecule has 0 bridgehead atoms. The molecule has 90 valence electrons. The molecule has 4 nitrogen and oxygen atoms in total. The zero-order valence-corrected chi connectivity index (χ0v) is 9.73. The Bertz CT molecular complexity index is 415. The van der Waals surface area contributed by atoms with Crippen molar-refractivity contribution in [1.29, 1.82) is 0 Å². The van der Waals surface area contributed by atoms with Crippen molar-refractivity contribution in [3.8, 4) is 17.6 Å². The Hall–Kier alpha value is -1.99. The number of hydrogen-bond donors (Lipinski definition) is 1. The van der Waals surface area contributed by atoms with E-state index in [4.69, 9.17) is 10.5 Å². The van der Waals surface area contributed by atoms with Crippen LogP contribution < -0.4 is 10.5 Å². The van der Waals surface area contributed by atoms with Crippen LogP contribution in [0.2, 0.25) is 0 Å². The molecule has 0 aliphatic carbocycles. The highest BCUT2D eigenvalue weighted by atomic mass is 16.6. The van der Waals surface area contributed by atoms with Gasteiger partial charge < -0.3 is 15.2 Å². The fraction of sp³-hybridized carbons (Fsp3) is 0.308. The summed E-state index contributed by atoms with van der Waals surface area (Å²) in [5, 5.41) is 0. The monoisotopic (exact) mass is 233 g/mol. The molecular formula is C13H15NO3. The Morgan fingerprint density at radius 3 is 2.65 bits per heavy atom. The van der Waals surface area contributed by atoms with Gasteiger partial charge in [-0.25, -0.2) is 4.79 Å². The van der Waals surface area contributed by atoms with Gasteiger partial charge in [-0.05, 0) is 24.3 Å². The summed E-state index contributed by atoms with van der Waals surface area (Å²) in [5.41, 5.74) is 6.22. The Morgan fingerprint density at radius 2 is 2.06 bits per heavy atom. The quantitative estimate of drug-likeness (QED) is 0.621. The highest BCUT2D eigenvalue weighted by Gasteiger charge is 2.00. The number of esters is 1. The molecule has 4 heteroatoms. The lowest BCUT2D eigenvalue weighted by Crippen LogP contribution is -2.12. The van der Waals surface area contributed by atoms with E-state index >= 15 is 0 Å². The van der Waals surface area contributed by atoms with Crippen LogP contribution >= 0.6 is 0 Å². The number of methoxy groups -OCH3 is 1. The third-order valence-corrected chi connectivity index (χ3v) is 1.94. The van der Waals surface area contributed by atoms with E-state index in [1.165, 1.54) is 7.11 Å². The summed E-state index contributed by atoms with van der Waals surface area (Å²) >= 11 is 0. The Morgan fingerprint density at radius 1 is 1.35 bits per heavy atom. The molecule has 1 rings (SSSR count). The highest BCUT2D eigenvalue weighted by Crippen LogP contribution is 2.11. The van der Waals surface area contributed by atoms with E-state index in [0.717, 1.165) is 5.56 Å².